The van der Waals surface area contributed by atoms with E-state index < -0.39 is 0 Å². The minimum Gasteiger partial charge on any atom is -0.497 e. The SMILES string of the molecule is COc1ccc2c(c1)CCCC2NC(C)c1ccc(Cl)s1. The lowest BCUT2D eigenvalue weighted by molar-refractivity contribution is 0.404. The molecule has 1 aliphatic carbocycles. The number of hydrogen-bond acceptors (Lipinski definition) is 3. The summed E-state index contributed by atoms with van der Waals surface area (Å²) in [6.45, 7) is 2.21. The van der Waals surface area contributed by atoms with Crippen LogP contribution in [0.15, 0.2) is 30.3 Å². The second-order valence-electron chi connectivity index (χ2n) is 5.54. The average Bonchev–Trinajstić information content (AvgIpc) is 2.93. The zero-order valence-corrected chi connectivity index (χ0v) is 13.9. The van der Waals surface area contributed by atoms with Crippen molar-refractivity contribution >= 4 is 22.9 Å². The van der Waals surface area contributed by atoms with Crippen molar-refractivity contribution in [2.24, 2.45) is 0 Å². The number of rotatable bonds is 4. The molecule has 1 aromatic heterocycles. The summed E-state index contributed by atoms with van der Waals surface area (Å²) in [5.74, 6) is 0.951. The predicted octanol–water partition coefficient (Wildman–Crippen LogP) is 5.14. The highest BCUT2D eigenvalue weighted by molar-refractivity contribution is 7.16. The van der Waals surface area contributed by atoms with Gasteiger partial charge in [-0.05, 0) is 61.6 Å². The van der Waals surface area contributed by atoms with E-state index in [0.29, 0.717) is 12.1 Å². The minimum atomic E-state index is 0.320. The number of fused-ring (bicyclic) bond motifs is 1. The van der Waals surface area contributed by atoms with Crippen LogP contribution in [0.25, 0.3) is 0 Å². The first-order valence-corrected chi connectivity index (χ1v) is 8.55. The first kappa shape index (κ1) is 14.9. The summed E-state index contributed by atoms with van der Waals surface area (Å²) in [5, 5.41) is 3.75. The number of methoxy groups -OCH3 is 1. The maximum absolute atomic E-state index is 6.04. The largest absolute Gasteiger partial charge is 0.497 e. The van der Waals surface area contributed by atoms with Crippen LogP contribution in [-0.4, -0.2) is 7.11 Å². The zero-order valence-electron chi connectivity index (χ0n) is 12.4. The van der Waals surface area contributed by atoms with Crippen LogP contribution < -0.4 is 10.1 Å². The molecule has 2 nitrogen and oxygen atoms in total. The molecule has 0 aliphatic heterocycles. The Hall–Kier alpha value is -1.03. The van der Waals surface area contributed by atoms with Gasteiger partial charge in [0.05, 0.1) is 11.4 Å². The monoisotopic (exact) mass is 321 g/mol. The van der Waals surface area contributed by atoms with Crippen LogP contribution >= 0.6 is 22.9 Å². The number of benzene rings is 1. The van der Waals surface area contributed by atoms with Crippen molar-refractivity contribution in [3.8, 4) is 5.75 Å². The highest BCUT2D eigenvalue weighted by atomic mass is 35.5. The minimum absolute atomic E-state index is 0.320. The number of thiophene rings is 1. The topological polar surface area (TPSA) is 21.3 Å². The molecule has 1 aliphatic rings. The molecule has 1 heterocycles. The van der Waals surface area contributed by atoms with Gasteiger partial charge in [0, 0.05) is 17.0 Å². The van der Waals surface area contributed by atoms with Crippen LogP contribution in [0.5, 0.6) is 5.75 Å². The van der Waals surface area contributed by atoms with Crippen LogP contribution in [0.4, 0.5) is 0 Å². The van der Waals surface area contributed by atoms with Gasteiger partial charge in [-0.1, -0.05) is 17.7 Å². The molecule has 0 amide bonds. The molecule has 1 aromatic carbocycles. The van der Waals surface area contributed by atoms with Gasteiger partial charge in [0.15, 0.2) is 0 Å². The van der Waals surface area contributed by atoms with Crippen molar-refractivity contribution in [1.29, 1.82) is 0 Å². The molecule has 3 rings (SSSR count). The molecule has 2 unspecified atom stereocenters. The van der Waals surface area contributed by atoms with Crippen LogP contribution in [0, 0.1) is 0 Å². The molecule has 0 saturated carbocycles. The second-order valence-corrected chi connectivity index (χ2v) is 7.29. The van der Waals surface area contributed by atoms with Crippen LogP contribution in [0.1, 0.15) is 47.9 Å². The third-order valence-corrected chi connectivity index (χ3v) is 5.55. The van der Waals surface area contributed by atoms with Crippen molar-refractivity contribution in [2.45, 2.75) is 38.3 Å². The molecule has 2 atom stereocenters. The number of nitrogens with one attached hydrogen (secondary N) is 1. The van der Waals surface area contributed by atoms with E-state index in [1.165, 1.54) is 28.8 Å². The summed E-state index contributed by atoms with van der Waals surface area (Å²) < 4.78 is 6.19. The summed E-state index contributed by atoms with van der Waals surface area (Å²) in [4.78, 5) is 1.29. The molecule has 0 spiro atoms. The van der Waals surface area contributed by atoms with E-state index >= 15 is 0 Å². The third kappa shape index (κ3) is 3.25. The molecular formula is C17H20ClNOS. The maximum atomic E-state index is 6.04. The Balaban J connectivity index is 1.78. The van der Waals surface area contributed by atoms with Crippen LogP contribution in [0.3, 0.4) is 0 Å². The standard InChI is InChI=1S/C17H20ClNOS/c1-11(16-8-9-17(18)21-16)19-15-5-3-4-12-10-13(20-2)6-7-14(12)15/h6-11,15,19H,3-5H2,1-2H3. The van der Waals surface area contributed by atoms with Crippen LogP contribution in [0.2, 0.25) is 4.34 Å². The molecule has 112 valence electrons. The summed E-state index contributed by atoms with van der Waals surface area (Å²) in [5.41, 5.74) is 2.83. The quantitative estimate of drug-likeness (QED) is 0.842. The molecule has 21 heavy (non-hydrogen) atoms. The fourth-order valence-electron chi connectivity index (χ4n) is 3.04. The number of ether oxygens (including phenoxy) is 1. The second kappa shape index (κ2) is 6.39. The molecule has 2 aromatic rings. The molecular weight excluding hydrogens is 302 g/mol. The Morgan fingerprint density at radius 2 is 2.19 bits per heavy atom. The van der Waals surface area contributed by atoms with E-state index in [4.69, 9.17) is 16.3 Å². The van der Waals surface area contributed by atoms with Gasteiger partial charge in [-0.25, -0.2) is 0 Å². The van der Waals surface area contributed by atoms with E-state index in [1.54, 1.807) is 18.4 Å². The molecule has 1 N–H and O–H groups in total. The van der Waals surface area contributed by atoms with E-state index in [-0.39, 0.29) is 0 Å². The van der Waals surface area contributed by atoms with Gasteiger partial charge < -0.3 is 10.1 Å². The Morgan fingerprint density at radius 1 is 1.33 bits per heavy atom. The normalized spacial score (nSPS) is 19.1. The van der Waals surface area contributed by atoms with Gasteiger partial charge >= 0.3 is 0 Å². The van der Waals surface area contributed by atoms with Gasteiger partial charge in [0.1, 0.15) is 5.75 Å². The fourth-order valence-corrected chi connectivity index (χ4v) is 4.11. The van der Waals surface area contributed by atoms with Gasteiger partial charge in [0.2, 0.25) is 0 Å². The van der Waals surface area contributed by atoms with Gasteiger partial charge in [-0.15, -0.1) is 11.3 Å². The molecule has 0 fully saturated rings. The van der Waals surface area contributed by atoms with E-state index in [0.717, 1.165) is 16.5 Å². The Kier molecular flexibility index (Phi) is 4.53. The lowest BCUT2D eigenvalue weighted by Gasteiger charge is -2.29. The molecule has 0 radical (unpaired) electrons. The third-order valence-electron chi connectivity index (χ3n) is 4.14. The Morgan fingerprint density at radius 3 is 2.90 bits per heavy atom. The van der Waals surface area contributed by atoms with Gasteiger partial charge in [-0.3, -0.25) is 0 Å². The molecule has 4 heteroatoms. The predicted molar refractivity (Wildman–Crippen MR) is 89.6 cm³/mol. The van der Waals surface area contributed by atoms with Crippen LogP contribution in [-0.2, 0) is 6.42 Å². The summed E-state index contributed by atoms with van der Waals surface area (Å²) in [6.07, 6.45) is 3.54. The highest BCUT2D eigenvalue weighted by Crippen LogP contribution is 2.35. The average molecular weight is 322 g/mol. The van der Waals surface area contributed by atoms with Crippen molar-refractivity contribution in [1.82, 2.24) is 5.32 Å². The smallest absolute Gasteiger partial charge is 0.119 e. The number of hydrogen-bond donors (Lipinski definition) is 1. The summed E-state index contributed by atoms with van der Waals surface area (Å²) >= 11 is 7.69. The van der Waals surface area contributed by atoms with E-state index in [9.17, 15) is 0 Å². The van der Waals surface area contributed by atoms with Crippen molar-refractivity contribution in [2.75, 3.05) is 7.11 Å². The first-order chi connectivity index (χ1) is 10.2. The summed E-state index contributed by atoms with van der Waals surface area (Å²) in [7, 11) is 1.73. The highest BCUT2D eigenvalue weighted by Gasteiger charge is 2.22. The van der Waals surface area contributed by atoms with Crippen molar-refractivity contribution in [3.05, 3.63) is 50.7 Å². The Labute approximate surface area is 135 Å². The maximum Gasteiger partial charge on any atom is 0.119 e. The first-order valence-electron chi connectivity index (χ1n) is 7.35. The lowest BCUT2D eigenvalue weighted by Crippen LogP contribution is -2.27. The van der Waals surface area contributed by atoms with Gasteiger partial charge in [0.25, 0.3) is 0 Å². The van der Waals surface area contributed by atoms with E-state index in [1.807, 2.05) is 6.07 Å². The lowest BCUT2D eigenvalue weighted by atomic mass is 9.87. The number of halogens is 1. The van der Waals surface area contributed by atoms with Gasteiger partial charge in [-0.2, -0.15) is 0 Å². The zero-order chi connectivity index (χ0) is 14.8. The molecule has 0 saturated heterocycles. The number of aryl methyl sites for hydroxylation is 1. The molecule has 0 bridgehead atoms. The summed E-state index contributed by atoms with van der Waals surface area (Å²) in [6, 6.07) is 11.3. The Bertz CT molecular complexity index is 625. The van der Waals surface area contributed by atoms with Crippen molar-refractivity contribution in [3.63, 3.8) is 0 Å². The van der Waals surface area contributed by atoms with Crippen molar-refractivity contribution < 1.29 is 4.74 Å². The van der Waals surface area contributed by atoms with E-state index in [2.05, 4.69) is 36.5 Å². The fraction of sp³-hybridized carbons (Fsp3) is 0.412.